The molecule has 0 aromatic carbocycles. The van der Waals surface area contributed by atoms with Crippen LogP contribution in [-0.4, -0.2) is 12.2 Å². The van der Waals surface area contributed by atoms with Crippen LogP contribution in [0.25, 0.3) is 0 Å². The molecule has 0 radical (unpaired) electrons. The third kappa shape index (κ3) is 1.80. The van der Waals surface area contributed by atoms with Crippen molar-refractivity contribution < 1.29 is 9.78 Å². The lowest BCUT2D eigenvalue weighted by Gasteiger charge is -2.62. The molecule has 9 rings (SSSR count). The van der Waals surface area contributed by atoms with Crippen molar-refractivity contribution in [3.8, 4) is 0 Å². The normalized spacial score (nSPS) is 66.0. The summed E-state index contributed by atoms with van der Waals surface area (Å²) in [6, 6.07) is 0. The van der Waals surface area contributed by atoms with Gasteiger partial charge in [-0.1, -0.05) is 0 Å². The highest BCUT2D eigenvalue weighted by Gasteiger charge is 2.60. The van der Waals surface area contributed by atoms with Gasteiger partial charge >= 0.3 is 0 Å². The molecule has 9 aliphatic rings. The molecule has 0 aromatic heterocycles. The van der Waals surface area contributed by atoms with Gasteiger partial charge in [0.15, 0.2) is 0 Å². The molecule has 1 heterocycles. The quantitative estimate of drug-likeness (QED) is 0.676. The molecular weight excluding hydrogens is 296 g/mol. The van der Waals surface area contributed by atoms with Crippen molar-refractivity contribution in [2.24, 2.45) is 59.2 Å². The molecule has 0 N–H and O–H groups in total. The molecule has 2 nitrogen and oxygen atoms in total. The molecule has 8 saturated carbocycles. The van der Waals surface area contributed by atoms with Crippen LogP contribution in [0.15, 0.2) is 0 Å². The van der Waals surface area contributed by atoms with Crippen molar-refractivity contribution >= 4 is 0 Å². The predicted molar refractivity (Wildman–Crippen MR) is 90.8 cm³/mol. The zero-order chi connectivity index (χ0) is 15.4. The molecule has 0 aromatic rings. The lowest BCUT2D eigenvalue weighted by Crippen LogP contribution is -2.63. The Labute approximate surface area is 146 Å². The predicted octanol–water partition coefficient (Wildman–Crippen LogP) is 4.83. The number of rotatable bonds is 2. The molecule has 8 bridgehead atoms. The Bertz CT molecular complexity index is 438. The fourth-order valence-electron chi connectivity index (χ4n) is 9.76. The Morgan fingerprint density at radius 1 is 0.375 bits per heavy atom. The highest BCUT2D eigenvalue weighted by atomic mass is 17.2. The van der Waals surface area contributed by atoms with Gasteiger partial charge in [-0.3, -0.25) is 0 Å². The molecule has 1 aliphatic heterocycles. The Hall–Kier alpha value is -0.0800. The van der Waals surface area contributed by atoms with Gasteiger partial charge in [-0.15, -0.1) is 0 Å². The van der Waals surface area contributed by atoms with Crippen molar-refractivity contribution in [2.75, 3.05) is 0 Å². The van der Waals surface area contributed by atoms with Gasteiger partial charge in [-0.2, -0.15) is 0 Å². The lowest BCUT2D eigenvalue weighted by atomic mass is 9.47. The van der Waals surface area contributed by atoms with E-state index in [0.29, 0.717) is 12.2 Å². The Morgan fingerprint density at radius 3 is 0.917 bits per heavy atom. The van der Waals surface area contributed by atoms with Crippen molar-refractivity contribution in [2.45, 2.75) is 76.4 Å². The minimum atomic E-state index is 0.475. The lowest BCUT2D eigenvalue weighted by molar-refractivity contribution is -0.498. The van der Waals surface area contributed by atoms with Gasteiger partial charge in [0.2, 0.25) is 0 Å². The topological polar surface area (TPSA) is 18.5 Å². The minimum absolute atomic E-state index is 0.475. The van der Waals surface area contributed by atoms with Crippen LogP contribution >= 0.6 is 0 Å². The van der Waals surface area contributed by atoms with E-state index in [4.69, 9.17) is 9.78 Å². The maximum atomic E-state index is 5.93. The Balaban J connectivity index is 1.15. The van der Waals surface area contributed by atoms with Crippen molar-refractivity contribution in [3.63, 3.8) is 0 Å². The molecule has 132 valence electrons. The summed E-state index contributed by atoms with van der Waals surface area (Å²) in [4.78, 5) is 11.9. The van der Waals surface area contributed by atoms with E-state index in [9.17, 15) is 0 Å². The molecule has 2 heteroatoms. The van der Waals surface area contributed by atoms with Crippen LogP contribution in [0, 0.1) is 59.2 Å². The summed E-state index contributed by atoms with van der Waals surface area (Å²) < 4.78 is 0. The highest BCUT2D eigenvalue weighted by Crippen LogP contribution is 2.63. The molecular formula is C22H32O2. The average Bonchev–Trinajstić information content (AvgIpc) is 2.51. The second-order valence-electron chi connectivity index (χ2n) is 11.1. The van der Waals surface area contributed by atoms with Crippen molar-refractivity contribution in [1.29, 1.82) is 0 Å². The zero-order valence-electron chi connectivity index (χ0n) is 14.8. The van der Waals surface area contributed by atoms with E-state index in [1.807, 2.05) is 0 Å². The first-order valence-corrected chi connectivity index (χ1v) is 11.1. The standard InChI is InChI=1S/C22H32O2/c1-11-3-15-5-12(1)6-16(4-11)19(15)21-22(24-23-21)20-17-7-13-2-14(9-17)10-18(20)8-13/h11-22H,1-10H2. The molecule has 8 aliphatic carbocycles. The van der Waals surface area contributed by atoms with E-state index >= 15 is 0 Å². The second-order valence-corrected chi connectivity index (χ2v) is 11.1. The van der Waals surface area contributed by atoms with Gasteiger partial charge in [-0.25, -0.2) is 9.78 Å². The Morgan fingerprint density at radius 2 is 0.667 bits per heavy atom. The first-order valence-electron chi connectivity index (χ1n) is 11.1. The van der Waals surface area contributed by atoms with Crippen molar-refractivity contribution in [3.05, 3.63) is 0 Å². The van der Waals surface area contributed by atoms with Crippen LogP contribution in [0.1, 0.15) is 64.2 Å². The summed E-state index contributed by atoms with van der Waals surface area (Å²) in [6.07, 6.45) is 16.2. The highest BCUT2D eigenvalue weighted by molar-refractivity contribution is 5.07. The van der Waals surface area contributed by atoms with Crippen LogP contribution in [0.5, 0.6) is 0 Å². The molecule has 2 atom stereocenters. The van der Waals surface area contributed by atoms with Gasteiger partial charge in [0, 0.05) is 0 Å². The van der Waals surface area contributed by atoms with Crippen LogP contribution in [0.2, 0.25) is 0 Å². The third-order valence-corrected chi connectivity index (χ3v) is 9.96. The fourth-order valence-corrected chi connectivity index (χ4v) is 9.76. The van der Waals surface area contributed by atoms with Crippen molar-refractivity contribution in [1.82, 2.24) is 0 Å². The SMILES string of the molecule is C1C2CC3CC1CC(C2)C3C1OOC1C1C2CC3CC(C2)CC1C3. The van der Waals surface area contributed by atoms with Crippen LogP contribution in [0.4, 0.5) is 0 Å². The molecule has 9 fully saturated rings. The van der Waals surface area contributed by atoms with Gasteiger partial charge in [0.25, 0.3) is 0 Å². The van der Waals surface area contributed by atoms with E-state index in [-0.39, 0.29) is 0 Å². The van der Waals surface area contributed by atoms with Crippen LogP contribution < -0.4 is 0 Å². The molecule has 24 heavy (non-hydrogen) atoms. The smallest absolute Gasteiger partial charge is 0.126 e. The van der Waals surface area contributed by atoms with Crippen LogP contribution in [0.3, 0.4) is 0 Å². The first-order chi connectivity index (χ1) is 11.8. The van der Waals surface area contributed by atoms with E-state index in [0.717, 1.165) is 59.2 Å². The fraction of sp³-hybridized carbons (Fsp3) is 1.00. The van der Waals surface area contributed by atoms with Gasteiger partial charge in [0.05, 0.1) is 0 Å². The maximum Gasteiger partial charge on any atom is 0.126 e. The van der Waals surface area contributed by atoms with E-state index in [1.54, 1.807) is 12.8 Å². The molecule has 1 saturated heterocycles. The zero-order valence-corrected chi connectivity index (χ0v) is 14.8. The van der Waals surface area contributed by atoms with Gasteiger partial charge in [-0.05, 0) is 123 Å². The summed E-state index contributed by atoms with van der Waals surface area (Å²) in [5.74, 6) is 9.93. The Kier molecular flexibility index (Phi) is 2.80. The van der Waals surface area contributed by atoms with E-state index < -0.39 is 0 Å². The van der Waals surface area contributed by atoms with Gasteiger partial charge in [0.1, 0.15) is 12.2 Å². The van der Waals surface area contributed by atoms with E-state index in [1.165, 1.54) is 51.4 Å². The van der Waals surface area contributed by atoms with E-state index in [2.05, 4.69) is 0 Å². The number of hydrogen-bond acceptors (Lipinski definition) is 2. The monoisotopic (exact) mass is 328 g/mol. The first kappa shape index (κ1) is 14.0. The number of hydrogen-bond donors (Lipinski definition) is 0. The molecule has 2 unspecified atom stereocenters. The summed E-state index contributed by atoms with van der Waals surface area (Å²) >= 11 is 0. The summed E-state index contributed by atoms with van der Waals surface area (Å²) in [5, 5.41) is 0. The summed E-state index contributed by atoms with van der Waals surface area (Å²) in [6.45, 7) is 0. The maximum absolute atomic E-state index is 5.93. The molecule has 0 spiro atoms. The summed E-state index contributed by atoms with van der Waals surface area (Å²) in [5.41, 5.74) is 0. The summed E-state index contributed by atoms with van der Waals surface area (Å²) in [7, 11) is 0. The second kappa shape index (κ2) is 4.80. The third-order valence-electron chi connectivity index (χ3n) is 9.96. The van der Waals surface area contributed by atoms with Gasteiger partial charge < -0.3 is 0 Å². The largest absolute Gasteiger partial charge is 0.230 e. The average molecular weight is 328 g/mol. The molecule has 0 amide bonds. The van der Waals surface area contributed by atoms with Crippen LogP contribution in [-0.2, 0) is 9.78 Å². The minimum Gasteiger partial charge on any atom is -0.230 e.